The summed E-state index contributed by atoms with van der Waals surface area (Å²) in [5.74, 6) is 1.08. The van der Waals surface area contributed by atoms with Crippen LogP contribution >= 0.6 is 11.8 Å². The lowest BCUT2D eigenvalue weighted by molar-refractivity contribution is -0.139. The van der Waals surface area contributed by atoms with Crippen molar-refractivity contribution >= 4 is 23.6 Å². The fourth-order valence-electron chi connectivity index (χ4n) is 5.17. The van der Waals surface area contributed by atoms with Crippen molar-refractivity contribution in [3.05, 3.63) is 107 Å². The zero-order valence-corrected chi connectivity index (χ0v) is 23.5. The number of nitrogens with zero attached hydrogens (tertiary/aromatic N) is 1. The molecular formula is C33H40N2O2S. The Kier molecular flexibility index (Phi) is 10.5. The SMILES string of the molecule is Cc1ccccc1CSCC(=O)N(Cc1ccccc1C)[C@H](Cc1ccccc1)C(=O)NC1CCCCC1. The van der Waals surface area contributed by atoms with Gasteiger partial charge >= 0.3 is 0 Å². The first kappa shape index (κ1) is 28.0. The quantitative estimate of drug-likeness (QED) is 0.304. The molecule has 3 aromatic rings. The summed E-state index contributed by atoms with van der Waals surface area (Å²) in [7, 11) is 0. The summed E-state index contributed by atoms with van der Waals surface area (Å²) in [5, 5.41) is 3.32. The van der Waals surface area contributed by atoms with Gasteiger partial charge in [-0.25, -0.2) is 0 Å². The molecule has 0 bridgehead atoms. The highest BCUT2D eigenvalue weighted by Crippen LogP contribution is 2.22. The van der Waals surface area contributed by atoms with Crippen molar-refractivity contribution < 1.29 is 9.59 Å². The summed E-state index contributed by atoms with van der Waals surface area (Å²) >= 11 is 1.62. The fraction of sp³-hybridized carbons (Fsp3) is 0.394. The van der Waals surface area contributed by atoms with Gasteiger partial charge in [0, 0.05) is 24.8 Å². The van der Waals surface area contributed by atoms with Crippen LogP contribution in [0.15, 0.2) is 78.9 Å². The minimum absolute atomic E-state index is 0.00608. The first-order chi connectivity index (χ1) is 18.5. The molecular weight excluding hydrogens is 488 g/mol. The molecule has 0 radical (unpaired) electrons. The monoisotopic (exact) mass is 528 g/mol. The summed E-state index contributed by atoms with van der Waals surface area (Å²) in [5.41, 5.74) is 5.74. The lowest BCUT2D eigenvalue weighted by atomic mass is 9.94. The van der Waals surface area contributed by atoms with Crippen molar-refractivity contribution in [2.24, 2.45) is 0 Å². The third kappa shape index (κ3) is 7.97. The Morgan fingerprint density at radius 3 is 2.11 bits per heavy atom. The summed E-state index contributed by atoms with van der Waals surface area (Å²) in [4.78, 5) is 29.6. The van der Waals surface area contributed by atoms with E-state index < -0.39 is 6.04 Å². The predicted octanol–water partition coefficient (Wildman–Crippen LogP) is 6.63. The molecule has 5 heteroatoms. The van der Waals surface area contributed by atoms with Crippen molar-refractivity contribution in [1.82, 2.24) is 10.2 Å². The van der Waals surface area contributed by atoms with Crippen LogP contribution in [-0.2, 0) is 28.3 Å². The molecule has 4 rings (SSSR count). The smallest absolute Gasteiger partial charge is 0.243 e. The number of amides is 2. The summed E-state index contributed by atoms with van der Waals surface area (Å²) in [6.45, 7) is 4.60. The van der Waals surface area contributed by atoms with E-state index >= 15 is 0 Å². The number of carbonyl (C=O) groups is 2. The van der Waals surface area contributed by atoms with E-state index in [1.54, 1.807) is 11.8 Å². The van der Waals surface area contributed by atoms with Crippen LogP contribution in [0.2, 0.25) is 0 Å². The van der Waals surface area contributed by atoms with Gasteiger partial charge in [0.2, 0.25) is 11.8 Å². The largest absolute Gasteiger partial charge is 0.352 e. The van der Waals surface area contributed by atoms with E-state index in [9.17, 15) is 9.59 Å². The van der Waals surface area contributed by atoms with Crippen molar-refractivity contribution in [2.45, 2.75) is 76.8 Å². The molecule has 0 heterocycles. The minimum atomic E-state index is -0.564. The van der Waals surface area contributed by atoms with Gasteiger partial charge in [-0.15, -0.1) is 11.8 Å². The van der Waals surface area contributed by atoms with Gasteiger partial charge in [0.05, 0.1) is 5.75 Å². The number of thioether (sulfide) groups is 1. The average Bonchev–Trinajstić information content (AvgIpc) is 2.93. The molecule has 38 heavy (non-hydrogen) atoms. The van der Waals surface area contributed by atoms with Gasteiger partial charge in [0.25, 0.3) is 0 Å². The third-order valence-corrected chi connectivity index (χ3v) is 8.54. The van der Waals surface area contributed by atoms with Crippen LogP contribution in [0.3, 0.4) is 0 Å². The van der Waals surface area contributed by atoms with Gasteiger partial charge in [0.1, 0.15) is 6.04 Å². The third-order valence-electron chi connectivity index (χ3n) is 7.57. The molecule has 0 aliphatic heterocycles. The molecule has 2 amide bonds. The Hall–Kier alpha value is -3.05. The van der Waals surface area contributed by atoms with Crippen molar-refractivity contribution in [3.8, 4) is 0 Å². The first-order valence-corrected chi connectivity index (χ1v) is 15.0. The highest BCUT2D eigenvalue weighted by molar-refractivity contribution is 7.99. The van der Waals surface area contributed by atoms with Crippen LogP contribution in [0.5, 0.6) is 0 Å². The number of rotatable bonds is 11. The molecule has 0 spiro atoms. The van der Waals surface area contributed by atoms with E-state index in [0.29, 0.717) is 18.7 Å². The molecule has 4 nitrogen and oxygen atoms in total. The van der Waals surface area contributed by atoms with Crippen molar-refractivity contribution in [3.63, 3.8) is 0 Å². The molecule has 3 aromatic carbocycles. The van der Waals surface area contributed by atoms with E-state index in [4.69, 9.17) is 0 Å². The van der Waals surface area contributed by atoms with Gasteiger partial charge in [-0.3, -0.25) is 9.59 Å². The molecule has 1 atom stereocenters. The fourth-order valence-corrected chi connectivity index (χ4v) is 6.16. The predicted molar refractivity (Wildman–Crippen MR) is 158 cm³/mol. The second-order valence-corrected chi connectivity index (χ2v) is 11.4. The molecule has 200 valence electrons. The van der Waals surface area contributed by atoms with E-state index in [1.165, 1.54) is 17.5 Å². The Morgan fingerprint density at radius 1 is 0.842 bits per heavy atom. The molecule has 0 unspecified atom stereocenters. The minimum Gasteiger partial charge on any atom is -0.352 e. The Morgan fingerprint density at radius 2 is 1.45 bits per heavy atom. The number of benzene rings is 3. The normalized spacial score (nSPS) is 14.6. The highest BCUT2D eigenvalue weighted by Gasteiger charge is 2.32. The molecule has 1 fully saturated rings. The maximum absolute atomic E-state index is 13.9. The zero-order valence-electron chi connectivity index (χ0n) is 22.7. The summed E-state index contributed by atoms with van der Waals surface area (Å²) in [6, 6.07) is 26.2. The number of hydrogen-bond acceptors (Lipinski definition) is 3. The molecule has 0 saturated heterocycles. The lowest BCUT2D eigenvalue weighted by Gasteiger charge is -2.34. The van der Waals surface area contributed by atoms with Crippen LogP contribution in [0.1, 0.15) is 59.9 Å². The maximum atomic E-state index is 13.9. The van der Waals surface area contributed by atoms with Gasteiger partial charge in [0.15, 0.2) is 0 Å². The molecule has 1 N–H and O–H groups in total. The van der Waals surface area contributed by atoms with Gasteiger partial charge in [-0.1, -0.05) is 98.1 Å². The Bertz CT molecular complexity index is 1190. The molecule has 1 aliphatic carbocycles. The molecule has 0 aromatic heterocycles. The second kappa shape index (κ2) is 14.2. The summed E-state index contributed by atoms with van der Waals surface area (Å²) in [6.07, 6.45) is 6.06. The van der Waals surface area contributed by atoms with Crippen LogP contribution in [0, 0.1) is 13.8 Å². The molecule has 1 saturated carbocycles. The second-order valence-electron chi connectivity index (χ2n) is 10.4. The number of hydrogen-bond donors (Lipinski definition) is 1. The highest BCUT2D eigenvalue weighted by atomic mass is 32.2. The maximum Gasteiger partial charge on any atom is 0.243 e. The summed E-state index contributed by atoms with van der Waals surface area (Å²) < 4.78 is 0. The standard InChI is InChI=1S/C33H40N2O2S/c1-25-13-9-11-17-28(25)22-35(32(36)24-38-23-29-18-12-10-14-26(29)2)31(21-27-15-5-3-6-16-27)33(37)34-30-19-7-4-8-20-30/h3,5-6,9-18,30-31H,4,7-8,19-24H2,1-2H3,(H,34,37)/t31-/m1/s1. The number of aryl methyl sites for hydroxylation is 2. The van der Waals surface area contributed by atoms with Crippen molar-refractivity contribution in [1.29, 1.82) is 0 Å². The van der Waals surface area contributed by atoms with E-state index in [-0.39, 0.29) is 17.9 Å². The van der Waals surface area contributed by atoms with Crippen molar-refractivity contribution in [2.75, 3.05) is 5.75 Å². The lowest BCUT2D eigenvalue weighted by Crippen LogP contribution is -2.53. The van der Waals surface area contributed by atoms with Gasteiger partial charge in [-0.2, -0.15) is 0 Å². The van der Waals surface area contributed by atoms with E-state index in [1.807, 2.05) is 59.5 Å². The first-order valence-electron chi connectivity index (χ1n) is 13.8. The van der Waals surface area contributed by atoms with Crippen LogP contribution in [-0.4, -0.2) is 34.6 Å². The van der Waals surface area contributed by atoms with Crippen LogP contribution < -0.4 is 5.32 Å². The topological polar surface area (TPSA) is 49.4 Å². The average molecular weight is 529 g/mol. The Labute approximate surface area is 232 Å². The number of nitrogens with one attached hydrogen (secondary N) is 1. The van der Waals surface area contributed by atoms with E-state index in [0.717, 1.165) is 48.1 Å². The van der Waals surface area contributed by atoms with Gasteiger partial charge < -0.3 is 10.2 Å². The zero-order chi connectivity index (χ0) is 26.7. The number of carbonyl (C=O) groups excluding carboxylic acids is 2. The van der Waals surface area contributed by atoms with Crippen LogP contribution in [0.25, 0.3) is 0 Å². The Balaban J connectivity index is 1.58. The van der Waals surface area contributed by atoms with Crippen LogP contribution in [0.4, 0.5) is 0 Å². The molecule has 1 aliphatic rings. The van der Waals surface area contributed by atoms with Gasteiger partial charge in [-0.05, 0) is 54.5 Å². The van der Waals surface area contributed by atoms with E-state index in [2.05, 4.69) is 43.4 Å².